The third kappa shape index (κ3) is 1.98. The number of anilines is 1. The van der Waals surface area contributed by atoms with Gasteiger partial charge in [0.15, 0.2) is 0 Å². The van der Waals surface area contributed by atoms with Crippen molar-refractivity contribution in [1.82, 2.24) is 10.3 Å². The fraction of sp³-hybridized carbons (Fsp3) is 0.500. The summed E-state index contributed by atoms with van der Waals surface area (Å²) in [7, 11) is 0. The minimum atomic E-state index is 0.414. The molecule has 3 heteroatoms. The lowest BCUT2D eigenvalue weighted by molar-refractivity contribution is 0.405. The van der Waals surface area contributed by atoms with E-state index in [2.05, 4.69) is 10.3 Å². The Balaban J connectivity index is 2.14. The molecule has 0 aromatic carbocycles. The SMILES string of the molecule is Nc1cccc(C2CCCCN2)n1. The summed E-state index contributed by atoms with van der Waals surface area (Å²) >= 11 is 0. The maximum atomic E-state index is 5.63. The van der Waals surface area contributed by atoms with Crippen molar-refractivity contribution in [3.63, 3.8) is 0 Å². The Morgan fingerprint density at radius 3 is 3.00 bits per heavy atom. The molecule has 0 radical (unpaired) electrons. The molecule has 1 fully saturated rings. The van der Waals surface area contributed by atoms with Crippen molar-refractivity contribution in [3.05, 3.63) is 23.9 Å². The molecule has 1 aromatic heterocycles. The van der Waals surface area contributed by atoms with E-state index in [-0.39, 0.29) is 0 Å². The number of nitrogen functional groups attached to an aromatic ring is 1. The molecule has 1 atom stereocenters. The lowest BCUT2D eigenvalue weighted by Crippen LogP contribution is -2.27. The number of rotatable bonds is 1. The van der Waals surface area contributed by atoms with Crippen molar-refractivity contribution in [2.45, 2.75) is 25.3 Å². The van der Waals surface area contributed by atoms with Crippen molar-refractivity contribution in [1.29, 1.82) is 0 Å². The fourth-order valence-electron chi connectivity index (χ4n) is 1.77. The molecular weight excluding hydrogens is 162 g/mol. The van der Waals surface area contributed by atoms with Gasteiger partial charge in [0.05, 0.1) is 5.69 Å². The second-order valence-electron chi connectivity index (χ2n) is 3.49. The molecule has 1 saturated heterocycles. The standard InChI is InChI=1S/C10H15N3/c11-10-6-3-5-9(13-10)8-4-1-2-7-12-8/h3,5-6,8,12H,1-2,4,7H2,(H2,11,13). The number of hydrogen-bond acceptors (Lipinski definition) is 3. The van der Waals surface area contributed by atoms with E-state index in [4.69, 9.17) is 5.73 Å². The van der Waals surface area contributed by atoms with Crippen LogP contribution >= 0.6 is 0 Å². The van der Waals surface area contributed by atoms with Crippen molar-refractivity contribution >= 4 is 5.82 Å². The van der Waals surface area contributed by atoms with Crippen LogP contribution in [0.25, 0.3) is 0 Å². The number of aromatic nitrogens is 1. The van der Waals surface area contributed by atoms with Crippen LogP contribution in [0.5, 0.6) is 0 Å². The molecule has 0 bridgehead atoms. The van der Waals surface area contributed by atoms with Gasteiger partial charge in [0, 0.05) is 6.04 Å². The van der Waals surface area contributed by atoms with E-state index in [9.17, 15) is 0 Å². The van der Waals surface area contributed by atoms with Crippen LogP contribution < -0.4 is 11.1 Å². The molecule has 1 aromatic rings. The van der Waals surface area contributed by atoms with Gasteiger partial charge in [0.2, 0.25) is 0 Å². The molecule has 2 rings (SSSR count). The first-order valence-electron chi connectivity index (χ1n) is 4.82. The first-order valence-corrected chi connectivity index (χ1v) is 4.82. The van der Waals surface area contributed by atoms with Crippen LogP contribution in [0.4, 0.5) is 5.82 Å². The topological polar surface area (TPSA) is 50.9 Å². The summed E-state index contributed by atoms with van der Waals surface area (Å²) in [6, 6.07) is 6.25. The van der Waals surface area contributed by atoms with Gasteiger partial charge in [-0.25, -0.2) is 4.98 Å². The highest BCUT2D eigenvalue weighted by Gasteiger charge is 2.15. The number of nitrogens with two attached hydrogens (primary N) is 1. The van der Waals surface area contributed by atoms with Crippen molar-refractivity contribution < 1.29 is 0 Å². The zero-order valence-electron chi connectivity index (χ0n) is 7.66. The normalized spacial score (nSPS) is 22.9. The predicted octanol–water partition coefficient (Wildman–Crippen LogP) is 1.48. The molecule has 0 amide bonds. The smallest absolute Gasteiger partial charge is 0.123 e. The molecule has 0 spiro atoms. The number of nitrogens with zero attached hydrogens (tertiary/aromatic N) is 1. The van der Waals surface area contributed by atoms with Gasteiger partial charge in [-0.05, 0) is 31.5 Å². The molecule has 0 saturated carbocycles. The molecule has 3 N–H and O–H groups in total. The largest absolute Gasteiger partial charge is 0.384 e. The summed E-state index contributed by atoms with van der Waals surface area (Å²) in [5, 5.41) is 3.44. The Hall–Kier alpha value is -1.09. The van der Waals surface area contributed by atoms with E-state index in [0.717, 1.165) is 12.2 Å². The Labute approximate surface area is 78.4 Å². The monoisotopic (exact) mass is 177 g/mol. The number of pyridine rings is 1. The highest BCUT2D eigenvalue weighted by molar-refractivity contribution is 5.29. The lowest BCUT2D eigenvalue weighted by atomic mass is 10.0. The van der Waals surface area contributed by atoms with E-state index in [1.54, 1.807) is 0 Å². The van der Waals surface area contributed by atoms with E-state index in [1.807, 2.05) is 18.2 Å². The maximum absolute atomic E-state index is 5.63. The van der Waals surface area contributed by atoms with Gasteiger partial charge in [-0.2, -0.15) is 0 Å². The first-order chi connectivity index (χ1) is 6.36. The fourth-order valence-corrected chi connectivity index (χ4v) is 1.77. The van der Waals surface area contributed by atoms with Gasteiger partial charge in [-0.15, -0.1) is 0 Å². The van der Waals surface area contributed by atoms with Gasteiger partial charge >= 0.3 is 0 Å². The van der Waals surface area contributed by atoms with Gasteiger partial charge in [-0.3, -0.25) is 0 Å². The summed E-state index contributed by atoms with van der Waals surface area (Å²) in [4.78, 5) is 4.31. The Kier molecular flexibility index (Phi) is 2.45. The minimum Gasteiger partial charge on any atom is -0.384 e. The van der Waals surface area contributed by atoms with Gasteiger partial charge < -0.3 is 11.1 Å². The second-order valence-corrected chi connectivity index (χ2v) is 3.49. The number of nitrogens with one attached hydrogen (secondary N) is 1. The average molecular weight is 177 g/mol. The zero-order chi connectivity index (χ0) is 9.10. The van der Waals surface area contributed by atoms with Crippen LogP contribution in [0, 0.1) is 0 Å². The van der Waals surface area contributed by atoms with E-state index in [0.29, 0.717) is 11.9 Å². The Morgan fingerprint density at radius 1 is 1.38 bits per heavy atom. The van der Waals surface area contributed by atoms with Gasteiger partial charge in [-0.1, -0.05) is 12.5 Å². The maximum Gasteiger partial charge on any atom is 0.123 e. The van der Waals surface area contributed by atoms with Crippen LogP contribution in [-0.4, -0.2) is 11.5 Å². The summed E-state index contributed by atoms with van der Waals surface area (Å²) in [6.07, 6.45) is 3.74. The van der Waals surface area contributed by atoms with Crippen molar-refractivity contribution in [3.8, 4) is 0 Å². The highest BCUT2D eigenvalue weighted by atomic mass is 15.0. The van der Waals surface area contributed by atoms with E-state index >= 15 is 0 Å². The molecule has 1 aliphatic heterocycles. The molecule has 3 nitrogen and oxygen atoms in total. The highest BCUT2D eigenvalue weighted by Crippen LogP contribution is 2.21. The Bertz CT molecular complexity index is 279. The Morgan fingerprint density at radius 2 is 2.31 bits per heavy atom. The van der Waals surface area contributed by atoms with Crippen LogP contribution in [-0.2, 0) is 0 Å². The number of hydrogen-bond donors (Lipinski definition) is 2. The lowest BCUT2D eigenvalue weighted by Gasteiger charge is -2.22. The summed E-state index contributed by atoms with van der Waals surface area (Å²) in [6.45, 7) is 1.10. The van der Waals surface area contributed by atoms with E-state index < -0.39 is 0 Å². The average Bonchev–Trinajstić information content (AvgIpc) is 2.19. The molecular formula is C10H15N3. The van der Waals surface area contributed by atoms with Crippen LogP contribution in [0.3, 0.4) is 0 Å². The molecule has 1 aliphatic rings. The summed E-state index contributed by atoms with van der Waals surface area (Å²) in [5.41, 5.74) is 6.71. The third-order valence-electron chi connectivity index (χ3n) is 2.46. The molecule has 0 aliphatic carbocycles. The molecule has 13 heavy (non-hydrogen) atoms. The van der Waals surface area contributed by atoms with Crippen molar-refractivity contribution in [2.75, 3.05) is 12.3 Å². The minimum absolute atomic E-state index is 0.414. The van der Waals surface area contributed by atoms with Gasteiger partial charge in [0.25, 0.3) is 0 Å². The molecule has 2 heterocycles. The van der Waals surface area contributed by atoms with Crippen LogP contribution in [0.15, 0.2) is 18.2 Å². The first kappa shape index (κ1) is 8.51. The zero-order valence-corrected chi connectivity index (χ0v) is 7.66. The van der Waals surface area contributed by atoms with Crippen LogP contribution in [0.1, 0.15) is 31.0 Å². The quantitative estimate of drug-likeness (QED) is 0.683. The summed E-state index contributed by atoms with van der Waals surface area (Å²) in [5.74, 6) is 0.616. The van der Waals surface area contributed by atoms with Gasteiger partial charge in [0.1, 0.15) is 5.82 Å². The summed E-state index contributed by atoms with van der Waals surface area (Å²) < 4.78 is 0. The molecule has 70 valence electrons. The van der Waals surface area contributed by atoms with Crippen LogP contribution in [0.2, 0.25) is 0 Å². The van der Waals surface area contributed by atoms with Crippen molar-refractivity contribution in [2.24, 2.45) is 0 Å². The predicted molar refractivity (Wildman–Crippen MR) is 53.2 cm³/mol. The molecule has 1 unspecified atom stereocenters. The van der Waals surface area contributed by atoms with E-state index in [1.165, 1.54) is 19.3 Å². The third-order valence-corrected chi connectivity index (χ3v) is 2.46. The second kappa shape index (κ2) is 3.75. The number of piperidine rings is 1.